The van der Waals surface area contributed by atoms with Crippen LogP contribution in [0.2, 0.25) is 5.02 Å². The van der Waals surface area contributed by atoms with Crippen molar-refractivity contribution >= 4 is 11.6 Å². The first-order chi connectivity index (χ1) is 9.63. The first kappa shape index (κ1) is 14.8. The highest BCUT2D eigenvalue weighted by molar-refractivity contribution is 6.30. The fraction of sp³-hybridized carbons (Fsp3) is 0.333. The zero-order valence-electron chi connectivity index (χ0n) is 11.6. The minimum absolute atomic E-state index is 0.319. The second-order valence-electron chi connectivity index (χ2n) is 4.96. The van der Waals surface area contributed by atoms with Crippen LogP contribution in [0, 0.1) is 5.92 Å². The van der Waals surface area contributed by atoms with Crippen molar-refractivity contribution in [2.75, 3.05) is 6.54 Å². The van der Waals surface area contributed by atoms with Crippen molar-refractivity contribution in [3.63, 3.8) is 0 Å². The monoisotopic (exact) mass is 291 g/mol. The van der Waals surface area contributed by atoms with Crippen molar-refractivity contribution in [2.24, 2.45) is 5.92 Å². The summed E-state index contributed by atoms with van der Waals surface area (Å²) in [5.41, 5.74) is 1.03. The molecule has 0 saturated carbocycles. The summed E-state index contributed by atoms with van der Waals surface area (Å²) in [4.78, 5) is 8.37. The first-order valence-corrected chi connectivity index (χ1v) is 6.96. The lowest BCUT2D eigenvalue weighted by atomic mass is 10.2. The van der Waals surface area contributed by atoms with E-state index in [0.29, 0.717) is 22.7 Å². The molecule has 1 aromatic heterocycles. The third-order valence-corrected chi connectivity index (χ3v) is 2.80. The molecule has 2 rings (SSSR count). The maximum Gasteiger partial charge on any atom is 0.321 e. The Balaban J connectivity index is 1.91. The summed E-state index contributed by atoms with van der Waals surface area (Å²) >= 11 is 5.89. The summed E-state index contributed by atoms with van der Waals surface area (Å²) in [5.74, 6) is 1.25. The Bertz CT molecular complexity index is 543. The molecule has 1 N–H and O–H groups in total. The quantitative estimate of drug-likeness (QED) is 0.882. The van der Waals surface area contributed by atoms with Gasteiger partial charge in [0.2, 0.25) is 0 Å². The van der Waals surface area contributed by atoms with E-state index in [1.54, 1.807) is 24.5 Å². The van der Waals surface area contributed by atoms with Crippen LogP contribution in [-0.4, -0.2) is 16.5 Å². The van der Waals surface area contributed by atoms with Crippen LogP contribution in [0.1, 0.15) is 19.4 Å². The molecule has 0 atom stereocenters. The summed E-state index contributed by atoms with van der Waals surface area (Å²) in [6.07, 6.45) is 3.53. The maximum atomic E-state index is 5.89. The first-order valence-electron chi connectivity index (χ1n) is 6.58. The minimum Gasteiger partial charge on any atom is -0.424 e. The smallest absolute Gasteiger partial charge is 0.321 e. The van der Waals surface area contributed by atoms with Gasteiger partial charge >= 0.3 is 6.01 Å². The van der Waals surface area contributed by atoms with E-state index in [1.807, 2.05) is 12.1 Å². The van der Waals surface area contributed by atoms with Crippen LogP contribution >= 0.6 is 11.6 Å². The minimum atomic E-state index is 0.319. The molecular weight excluding hydrogens is 274 g/mol. The molecule has 2 aromatic rings. The zero-order valence-corrected chi connectivity index (χ0v) is 12.4. The van der Waals surface area contributed by atoms with E-state index in [1.165, 1.54) is 0 Å². The molecule has 0 fully saturated rings. The van der Waals surface area contributed by atoms with Gasteiger partial charge in [0.15, 0.2) is 0 Å². The number of hydrogen-bond donors (Lipinski definition) is 1. The number of nitrogens with one attached hydrogen (secondary N) is 1. The van der Waals surface area contributed by atoms with Crippen molar-refractivity contribution < 1.29 is 4.74 Å². The maximum absolute atomic E-state index is 5.89. The van der Waals surface area contributed by atoms with Crippen LogP contribution < -0.4 is 10.1 Å². The van der Waals surface area contributed by atoms with Gasteiger partial charge in [-0.05, 0) is 30.7 Å². The molecule has 4 nitrogen and oxygen atoms in total. The number of nitrogens with zero attached hydrogens (tertiary/aromatic N) is 2. The predicted molar refractivity (Wildman–Crippen MR) is 80.1 cm³/mol. The van der Waals surface area contributed by atoms with Crippen LogP contribution in [0.4, 0.5) is 0 Å². The van der Waals surface area contributed by atoms with E-state index in [-0.39, 0.29) is 0 Å². The lowest BCUT2D eigenvalue weighted by Crippen LogP contribution is -2.19. The van der Waals surface area contributed by atoms with Gasteiger partial charge in [0.1, 0.15) is 5.75 Å². The number of aromatic nitrogens is 2. The van der Waals surface area contributed by atoms with Crippen LogP contribution in [-0.2, 0) is 6.54 Å². The van der Waals surface area contributed by atoms with Gasteiger partial charge in [0.25, 0.3) is 0 Å². The summed E-state index contributed by atoms with van der Waals surface area (Å²) < 4.78 is 5.53. The molecular formula is C15H18ClN3O. The Kier molecular flexibility index (Phi) is 5.32. The molecule has 1 heterocycles. The van der Waals surface area contributed by atoms with Gasteiger partial charge in [-0.2, -0.15) is 0 Å². The van der Waals surface area contributed by atoms with E-state index in [0.717, 1.165) is 18.7 Å². The third kappa shape index (κ3) is 4.79. The summed E-state index contributed by atoms with van der Waals surface area (Å²) in [5, 5.41) is 3.96. The number of benzene rings is 1. The Labute approximate surface area is 124 Å². The molecule has 0 spiro atoms. The average Bonchev–Trinajstić information content (AvgIpc) is 2.40. The van der Waals surface area contributed by atoms with E-state index in [9.17, 15) is 0 Å². The van der Waals surface area contributed by atoms with Crippen LogP contribution in [0.25, 0.3) is 0 Å². The molecule has 0 aliphatic rings. The Hall–Kier alpha value is -1.65. The highest BCUT2D eigenvalue weighted by Crippen LogP contribution is 2.21. The SMILES string of the molecule is CC(C)CNCc1cnc(Oc2cccc(Cl)c2)nc1. The van der Waals surface area contributed by atoms with Gasteiger partial charge in [0, 0.05) is 29.5 Å². The van der Waals surface area contributed by atoms with Crippen LogP contribution in [0.3, 0.4) is 0 Å². The van der Waals surface area contributed by atoms with Crippen molar-refractivity contribution in [1.29, 1.82) is 0 Å². The van der Waals surface area contributed by atoms with Gasteiger partial charge in [-0.3, -0.25) is 0 Å². The van der Waals surface area contributed by atoms with E-state index >= 15 is 0 Å². The van der Waals surface area contributed by atoms with Gasteiger partial charge < -0.3 is 10.1 Å². The average molecular weight is 292 g/mol. The van der Waals surface area contributed by atoms with Gasteiger partial charge in [-0.25, -0.2) is 9.97 Å². The number of ether oxygens (including phenoxy) is 1. The highest BCUT2D eigenvalue weighted by atomic mass is 35.5. The second-order valence-corrected chi connectivity index (χ2v) is 5.39. The normalized spacial score (nSPS) is 10.8. The number of halogens is 1. The Morgan fingerprint density at radius 2 is 2.00 bits per heavy atom. The lowest BCUT2D eigenvalue weighted by molar-refractivity contribution is 0.440. The van der Waals surface area contributed by atoms with Crippen molar-refractivity contribution in [3.8, 4) is 11.8 Å². The highest BCUT2D eigenvalue weighted by Gasteiger charge is 2.02. The third-order valence-electron chi connectivity index (χ3n) is 2.57. The largest absolute Gasteiger partial charge is 0.424 e. The molecule has 20 heavy (non-hydrogen) atoms. The number of rotatable bonds is 6. The van der Waals surface area contributed by atoms with Crippen LogP contribution in [0.5, 0.6) is 11.8 Å². The summed E-state index contributed by atoms with van der Waals surface area (Å²) in [7, 11) is 0. The standard InChI is InChI=1S/C15H18ClN3O/c1-11(2)7-17-8-12-9-18-15(19-10-12)20-14-5-3-4-13(16)6-14/h3-6,9-11,17H,7-8H2,1-2H3. The Morgan fingerprint density at radius 1 is 1.25 bits per heavy atom. The molecule has 0 amide bonds. The molecule has 0 radical (unpaired) electrons. The Morgan fingerprint density at radius 3 is 2.65 bits per heavy atom. The number of hydrogen-bond acceptors (Lipinski definition) is 4. The lowest BCUT2D eigenvalue weighted by Gasteiger charge is -2.07. The molecule has 0 unspecified atom stereocenters. The van der Waals surface area contributed by atoms with Crippen LogP contribution in [0.15, 0.2) is 36.7 Å². The fourth-order valence-electron chi connectivity index (χ4n) is 1.63. The van der Waals surface area contributed by atoms with Gasteiger partial charge in [0.05, 0.1) is 0 Å². The van der Waals surface area contributed by atoms with E-state index < -0.39 is 0 Å². The summed E-state index contributed by atoms with van der Waals surface area (Å²) in [6, 6.07) is 7.47. The molecule has 0 aliphatic carbocycles. The fourth-order valence-corrected chi connectivity index (χ4v) is 1.81. The topological polar surface area (TPSA) is 47.0 Å². The molecule has 0 aliphatic heterocycles. The van der Waals surface area contributed by atoms with Crippen molar-refractivity contribution in [1.82, 2.24) is 15.3 Å². The van der Waals surface area contributed by atoms with Gasteiger partial charge in [-0.1, -0.05) is 31.5 Å². The molecule has 106 valence electrons. The molecule has 0 bridgehead atoms. The van der Waals surface area contributed by atoms with Gasteiger partial charge in [-0.15, -0.1) is 0 Å². The van der Waals surface area contributed by atoms with Crippen molar-refractivity contribution in [2.45, 2.75) is 20.4 Å². The van der Waals surface area contributed by atoms with Crippen molar-refractivity contribution in [3.05, 3.63) is 47.2 Å². The molecule has 1 aromatic carbocycles. The van der Waals surface area contributed by atoms with E-state index in [2.05, 4.69) is 29.1 Å². The molecule has 5 heteroatoms. The zero-order chi connectivity index (χ0) is 14.4. The molecule has 0 saturated heterocycles. The summed E-state index contributed by atoms with van der Waals surface area (Å²) in [6.45, 7) is 6.08. The second kappa shape index (κ2) is 7.22. The predicted octanol–water partition coefficient (Wildman–Crippen LogP) is 3.67. The van der Waals surface area contributed by atoms with E-state index in [4.69, 9.17) is 16.3 Å².